The van der Waals surface area contributed by atoms with Crippen molar-refractivity contribution in [2.75, 3.05) is 17.2 Å². The summed E-state index contributed by atoms with van der Waals surface area (Å²) in [5.74, 6) is -6.87. The number of aryl methyl sites for hydroxylation is 1. The van der Waals surface area contributed by atoms with Crippen molar-refractivity contribution >= 4 is 39.8 Å². The van der Waals surface area contributed by atoms with Crippen molar-refractivity contribution in [3.63, 3.8) is 0 Å². The van der Waals surface area contributed by atoms with Crippen LogP contribution in [0.25, 0.3) is 0 Å². The number of amides is 2. The Labute approximate surface area is 156 Å². The van der Waals surface area contributed by atoms with Crippen molar-refractivity contribution in [2.45, 2.75) is 20.8 Å². The van der Waals surface area contributed by atoms with Crippen LogP contribution < -0.4 is 10.6 Å². The number of esters is 1. The monoisotopic (exact) mass is 400 g/mol. The van der Waals surface area contributed by atoms with Gasteiger partial charge in [0.15, 0.2) is 24.1 Å². The third kappa shape index (κ3) is 4.64. The van der Waals surface area contributed by atoms with Crippen LogP contribution in [0.1, 0.15) is 27.7 Å². The molecule has 0 atom stereocenters. The Morgan fingerprint density at radius 2 is 1.74 bits per heavy atom. The number of anilines is 2. The molecule has 1 heterocycles. The normalized spacial score (nSPS) is 10.4. The van der Waals surface area contributed by atoms with Crippen LogP contribution >= 0.6 is 11.3 Å². The van der Waals surface area contributed by atoms with Crippen LogP contribution in [0, 0.1) is 31.3 Å². The van der Waals surface area contributed by atoms with E-state index >= 15 is 0 Å². The highest BCUT2D eigenvalue weighted by Crippen LogP contribution is 2.33. The van der Waals surface area contributed by atoms with E-state index in [-0.39, 0.29) is 16.5 Å². The summed E-state index contributed by atoms with van der Waals surface area (Å²) < 4.78 is 44.5. The number of nitrogens with one attached hydrogen (secondary N) is 2. The van der Waals surface area contributed by atoms with E-state index < -0.39 is 41.6 Å². The SMILES string of the molecule is CC(=O)Nc1sc(C)c(C)c1C(=O)OCC(=O)Nc1ccc(F)c(F)c1F. The molecule has 2 aromatic rings. The average Bonchev–Trinajstić information content (AvgIpc) is 2.86. The first-order valence-corrected chi connectivity index (χ1v) is 8.41. The van der Waals surface area contributed by atoms with Crippen molar-refractivity contribution in [2.24, 2.45) is 0 Å². The molecular formula is C17H15F3N2O4S. The first-order chi connectivity index (χ1) is 12.6. The molecule has 10 heteroatoms. The van der Waals surface area contributed by atoms with E-state index in [9.17, 15) is 27.6 Å². The van der Waals surface area contributed by atoms with Gasteiger partial charge in [0.2, 0.25) is 5.91 Å². The van der Waals surface area contributed by atoms with E-state index in [1.54, 1.807) is 13.8 Å². The topological polar surface area (TPSA) is 84.5 Å². The summed E-state index contributed by atoms with van der Waals surface area (Å²) in [4.78, 5) is 36.1. The van der Waals surface area contributed by atoms with E-state index in [1.807, 2.05) is 5.32 Å². The summed E-state index contributed by atoms with van der Waals surface area (Å²) in [6.07, 6.45) is 0. The Hall–Kier alpha value is -2.88. The number of carbonyl (C=O) groups excluding carboxylic acids is 3. The molecule has 0 aliphatic rings. The van der Waals surface area contributed by atoms with Crippen molar-refractivity contribution in [1.82, 2.24) is 0 Å². The molecule has 0 fully saturated rings. The van der Waals surface area contributed by atoms with Gasteiger partial charge in [-0.3, -0.25) is 9.59 Å². The fourth-order valence-corrected chi connectivity index (χ4v) is 3.23. The zero-order valence-corrected chi connectivity index (χ0v) is 15.4. The van der Waals surface area contributed by atoms with Gasteiger partial charge in [0.25, 0.3) is 5.91 Å². The van der Waals surface area contributed by atoms with Crippen LogP contribution in [0.15, 0.2) is 12.1 Å². The summed E-state index contributed by atoms with van der Waals surface area (Å²) in [6.45, 7) is 3.90. The molecule has 0 aliphatic carbocycles. The van der Waals surface area contributed by atoms with Crippen LogP contribution in [-0.4, -0.2) is 24.4 Å². The minimum atomic E-state index is -1.73. The zero-order chi connectivity index (χ0) is 20.3. The average molecular weight is 400 g/mol. The molecule has 0 unspecified atom stereocenters. The van der Waals surface area contributed by atoms with Gasteiger partial charge < -0.3 is 15.4 Å². The molecule has 6 nitrogen and oxygen atoms in total. The second-order valence-corrected chi connectivity index (χ2v) is 6.74. The molecule has 0 saturated heterocycles. The summed E-state index contributed by atoms with van der Waals surface area (Å²) in [5.41, 5.74) is 0.108. The lowest BCUT2D eigenvalue weighted by Gasteiger charge is -2.09. The summed E-state index contributed by atoms with van der Waals surface area (Å²) in [6, 6.07) is 1.49. The van der Waals surface area contributed by atoms with Crippen molar-refractivity contribution in [3.8, 4) is 0 Å². The molecule has 2 rings (SSSR count). The van der Waals surface area contributed by atoms with Gasteiger partial charge in [-0.05, 0) is 31.5 Å². The molecule has 1 aromatic carbocycles. The van der Waals surface area contributed by atoms with Gasteiger partial charge in [-0.25, -0.2) is 18.0 Å². The Morgan fingerprint density at radius 3 is 2.37 bits per heavy atom. The molecule has 0 aliphatic heterocycles. The van der Waals surface area contributed by atoms with E-state index in [1.165, 1.54) is 18.3 Å². The Morgan fingerprint density at radius 1 is 1.07 bits per heavy atom. The summed E-state index contributed by atoms with van der Waals surface area (Å²) in [5, 5.41) is 4.79. The molecule has 2 amide bonds. The van der Waals surface area contributed by atoms with Crippen LogP contribution in [0.5, 0.6) is 0 Å². The van der Waals surface area contributed by atoms with Gasteiger partial charge in [0.05, 0.1) is 11.3 Å². The third-order valence-corrected chi connectivity index (χ3v) is 4.65. The Kier molecular flexibility index (Phi) is 6.21. The number of ether oxygens (including phenoxy) is 1. The molecule has 0 bridgehead atoms. The molecular weight excluding hydrogens is 385 g/mol. The standard InChI is InChI=1S/C17H15F3N2O4S/c1-7-8(2)27-16(21-9(3)23)13(7)17(25)26-6-12(24)22-11-5-4-10(18)14(19)15(11)20/h4-5H,6H2,1-3H3,(H,21,23)(H,22,24). The fourth-order valence-electron chi connectivity index (χ4n) is 2.13. The van der Waals surface area contributed by atoms with E-state index in [0.717, 1.165) is 10.9 Å². The lowest BCUT2D eigenvalue weighted by Crippen LogP contribution is -2.22. The molecule has 0 spiro atoms. The smallest absolute Gasteiger partial charge is 0.341 e. The van der Waals surface area contributed by atoms with Gasteiger partial charge in [-0.2, -0.15) is 0 Å². The molecule has 2 N–H and O–H groups in total. The highest BCUT2D eigenvalue weighted by Gasteiger charge is 2.23. The van der Waals surface area contributed by atoms with Crippen molar-refractivity contribution in [3.05, 3.63) is 45.6 Å². The summed E-state index contributed by atoms with van der Waals surface area (Å²) in [7, 11) is 0. The lowest BCUT2D eigenvalue weighted by molar-refractivity contribution is -0.119. The maximum Gasteiger partial charge on any atom is 0.341 e. The van der Waals surface area contributed by atoms with Crippen LogP contribution in [0.4, 0.5) is 23.9 Å². The second-order valence-electron chi connectivity index (χ2n) is 5.52. The number of halogens is 3. The highest BCUT2D eigenvalue weighted by molar-refractivity contribution is 7.16. The number of carbonyl (C=O) groups is 3. The Balaban J connectivity index is 2.07. The van der Waals surface area contributed by atoms with Gasteiger partial charge >= 0.3 is 5.97 Å². The van der Waals surface area contributed by atoms with E-state index in [0.29, 0.717) is 11.6 Å². The predicted octanol–water partition coefficient (Wildman–Crippen LogP) is 3.54. The predicted molar refractivity (Wildman–Crippen MR) is 93.3 cm³/mol. The number of hydrogen-bond acceptors (Lipinski definition) is 5. The number of thiophene rings is 1. The quantitative estimate of drug-likeness (QED) is 0.594. The molecule has 144 valence electrons. The third-order valence-electron chi connectivity index (χ3n) is 3.52. The van der Waals surface area contributed by atoms with Crippen molar-refractivity contribution in [1.29, 1.82) is 0 Å². The largest absolute Gasteiger partial charge is 0.452 e. The molecule has 27 heavy (non-hydrogen) atoms. The minimum absolute atomic E-state index is 0.111. The minimum Gasteiger partial charge on any atom is -0.452 e. The number of benzene rings is 1. The van der Waals surface area contributed by atoms with Crippen LogP contribution in [0.2, 0.25) is 0 Å². The van der Waals surface area contributed by atoms with Gasteiger partial charge in [-0.15, -0.1) is 11.3 Å². The molecule has 0 radical (unpaired) electrons. The van der Waals surface area contributed by atoms with Crippen LogP contribution in [0.3, 0.4) is 0 Å². The van der Waals surface area contributed by atoms with Gasteiger partial charge in [-0.1, -0.05) is 0 Å². The maximum atomic E-state index is 13.5. The van der Waals surface area contributed by atoms with Gasteiger partial charge in [0.1, 0.15) is 5.00 Å². The number of rotatable bonds is 5. The van der Waals surface area contributed by atoms with Crippen molar-refractivity contribution < 1.29 is 32.3 Å². The Bertz CT molecular complexity index is 927. The number of hydrogen-bond donors (Lipinski definition) is 2. The van der Waals surface area contributed by atoms with Crippen LogP contribution in [-0.2, 0) is 14.3 Å². The maximum absolute atomic E-state index is 13.5. The summed E-state index contributed by atoms with van der Waals surface area (Å²) >= 11 is 1.18. The second kappa shape index (κ2) is 8.21. The zero-order valence-electron chi connectivity index (χ0n) is 14.5. The lowest BCUT2D eigenvalue weighted by atomic mass is 10.1. The first-order valence-electron chi connectivity index (χ1n) is 7.59. The highest BCUT2D eigenvalue weighted by atomic mass is 32.1. The first kappa shape index (κ1) is 20.4. The van der Waals surface area contributed by atoms with E-state index in [4.69, 9.17) is 4.74 Å². The molecule has 0 saturated carbocycles. The van der Waals surface area contributed by atoms with Gasteiger partial charge in [0, 0.05) is 11.8 Å². The molecule has 1 aromatic heterocycles. The fraction of sp³-hybridized carbons (Fsp3) is 0.235. The van der Waals surface area contributed by atoms with E-state index in [2.05, 4.69) is 5.32 Å².